The molecule has 4 rings (SSSR count). The molecule has 0 unspecified atom stereocenters. The first-order valence-electron chi connectivity index (χ1n) is 9.43. The summed E-state index contributed by atoms with van der Waals surface area (Å²) in [4.78, 5) is 39.2. The van der Waals surface area contributed by atoms with Gasteiger partial charge < -0.3 is 16.0 Å². The maximum Gasteiger partial charge on any atom is 0.275 e. The van der Waals surface area contributed by atoms with E-state index in [-0.39, 0.29) is 11.3 Å². The van der Waals surface area contributed by atoms with E-state index in [9.17, 15) is 9.59 Å². The van der Waals surface area contributed by atoms with E-state index in [1.165, 1.54) is 19.1 Å². The van der Waals surface area contributed by atoms with Crippen LogP contribution >= 0.6 is 0 Å². The second kappa shape index (κ2) is 8.09. The van der Waals surface area contributed by atoms with Crippen LogP contribution in [0, 0.1) is 0 Å². The molecule has 29 heavy (non-hydrogen) atoms. The van der Waals surface area contributed by atoms with Gasteiger partial charge in [0.25, 0.3) is 11.8 Å². The van der Waals surface area contributed by atoms with E-state index in [1.807, 2.05) is 6.07 Å². The van der Waals surface area contributed by atoms with E-state index in [0.717, 1.165) is 31.7 Å². The summed E-state index contributed by atoms with van der Waals surface area (Å²) in [7, 11) is 0. The molecule has 0 aliphatic carbocycles. The van der Waals surface area contributed by atoms with Crippen molar-refractivity contribution >= 4 is 23.3 Å². The molecule has 0 spiro atoms. The highest BCUT2D eigenvalue weighted by Gasteiger charge is 2.16. The van der Waals surface area contributed by atoms with Gasteiger partial charge in [-0.1, -0.05) is 12.1 Å². The fourth-order valence-corrected chi connectivity index (χ4v) is 3.33. The number of nitrogens with two attached hydrogens (primary N) is 1. The Kier molecular flexibility index (Phi) is 5.19. The molecule has 1 saturated heterocycles. The molecule has 0 atom stereocenters. The number of imidazole rings is 1. The van der Waals surface area contributed by atoms with Crippen molar-refractivity contribution in [3.8, 4) is 5.82 Å². The first-order valence-corrected chi connectivity index (χ1v) is 9.43. The number of amides is 2. The molecule has 1 aliphatic heterocycles. The van der Waals surface area contributed by atoms with Crippen molar-refractivity contribution in [2.75, 3.05) is 23.3 Å². The van der Waals surface area contributed by atoms with Crippen molar-refractivity contribution in [3.05, 3.63) is 60.4 Å². The molecule has 148 valence electrons. The molecule has 0 radical (unpaired) electrons. The summed E-state index contributed by atoms with van der Waals surface area (Å²) in [6.45, 7) is 1.96. The predicted molar refractivity (Wildman–Crippen MR) is 108 cm³/mol. The van der Waals surface area contributed by atoms with Crippen molar-refractivity contribution in [2.24, 2.45) is 5.73 Å². The summed E-state index contributed by atoms with van der Waals surface area (Å²) in [5.74, 6) is 0.440. The second-order valence-corrected chi connectivity index (χ2v) is 6.81. The van der Waals surface area contributed by atoms with Crippen LogP contribution in [0.2, 0.25) is 0 Å². The summed E-state index contributed by atoms with van der Waals surface area (Å²) >= 11 is 0. The van der Waals surface area contributed by atoms with E-state index in [2.05, 4.69) is 25.2 Å². The van der Waals surface area contributed by atoms with Crippen molar-refractivity contribution in [2.45, 2.75) is 19.3 Å². The van der Waals surface area contributed by atoms with Crippen LogP contribution in [0.15, 0.2) is 49.2 Å². The zero-order chi connectivity index (χ0) is 20.2. The topological polar surface area (TPSA) is 119 Å². The number of para-hydroxylation sites is 1. The highest BCUT2D eigenvalue weighted by molar-refractivity contribution is 6.07. The van der Waals surface area contributed by atoms with Gasteiger partial charge in [0, 0.05) is 25.4 Å². The number of hydrogen-bond acceptors (Lipinski definition) is 6. The number of piperidine rings is 1. The lowest BCUT2D eigenvalue weighted by Crippen LogP contribution is -2.30. The quantitative estimate of drug-likeness (QED) is 0.687. The van der Waals surface area contributed by atoms with Gasteiger partial charge in [-0.15, -0.1) is 0 Å². The Balaban J connectivity index is 1.53. The Labute approximate surface area is 167 Å². The largest absolute Gasteiger partial charge is 0.366 e. The molecular weight excluding hydrogens is 370 g/mol. The second-order valence-electron chi connectivity index (χ2n) is 6.81. The minimum atomic E-state index is -0.613. The predicted octanol–water partition coefficient (Wildman–Crippen LogP) is 2.00. The first-order chi connectivity index (χ1) is 14.1. The summed E-state index contributed by atoms with van der Waals surface area (Å²) in [5.41, 5.74) is 6.13. The lowest BCUT2D eigenvalue weighted by molar-refractivity contribution is 0.100. The van der Waals surface area contributed by atoms with Crippen LogP contribution in [0.5, 0.6) is 0 Å². The maximum atomic E-state index is 12.6. The molecule has 2 aromatic heterocycles. The molecule has 3 N–H and O–H groups in total. The molecule has 0 bridgehead atoms. The van der Waals surface area contributed by atoms with Crippen LogP contribution in [0.1, 0.15) is 40.1 Å². The van der Waals surface area contributed by atoms with Gasteiger partial charge in [-0.25, -0.2) is 15.0 Å². The normalized spacial score (nSPS) is 13.9. The lowest BCUT2D eigenvalue weighted by Gasteiger charge is -2.27. The minimum Gasteiger partial charge on any atom is -0.366 e. The molecule has 1 aromatic carbocycles. The van der Waals surface area contributed by atoms with Gasteiger partial charge in [0.1, 0.15) is 30.0 Å². The van der Waals surface area contributed by atoms with Gasteiger partial charge >= 0.3 is 0 Å². The number of carbonyl (C=O) groups is 2. The smallest absolute Gasteiger partial charge is 0.275 e. The van der Waals surface area contributed by atoms with Crippen LogP contribution in [0.25, 0.3) is 5.82 Å². The fourth-order valence-electron chi connectivity index (χ4n) is 3.33. The number of hydrogen-bond donors (Lipinski definition) is 2. The summed E-state index contributed by atoms with van der Waals surface area (Å²) in [5, 5.41) is 2.68. The molecule has 3 aromatic rings. The third-order valence-electron chi connectivity index (χ3n) is 4.84. The number of anilines is 2. The van der Waals surface area contributed by atoms with E-state index in [1.54, 1.807) is 35.0 Å². The van der Waals surface area contributed by atoms with Crippen LogP contribution in [0.4, 0.5) is 11.5 Å². The number of nitrogens with one attached hydrogen (secondary N) is 1. The third-order valence-corrected chi connectivity index (χ3v) is 4.84. The summed E-state index contributed by atoms with van der Waals surface area (Å²) < 4.78 is 1.67. The summed E-state index contributed by atoms with van der Waals surface area (Å²) in [6.07, 6.45) is 8.18. The Morgan fingerprint density at radius 3 is 2.55 bits per heavy atom. The highest BCUT2D eigenvalue weighted by Crippen LogP contribution is 2.19. The van der Waals surface area contributed by atoms with E-state index >= 15 is 0 Å². The van der Waals surface area contributed by atoms with Gasteiger partial charge in [-0.05, 0) is 31.4 Å². The van der Waals surface area contributed by atoms with Crippen molar-refractivity contribution in [1.29, 1.82) is 0 Å². The van der Waals surface area contributed by atoms with Gasteiger partial charge in [0.15, 0.2) is 0 Å². The average Bonchev–Trinajstić information content (AvgIpc) is 3.25. The Morgan fingerprint density at radius 2 is 1.76 bits per heavy atom. The van der Waals surface area contributed by atoms with Crippen LogP contribution in [0.3, 0.4) is 0 Å². The van der Waals surface area contributed by atoms with Gasteiger partial charge in [0.2, 0.25) is 0 Å². The van der Waals surface area contributed by atoms with Crippen molar-refractivity contribution in [1.82, 2.24) is 19.5 Å². The number of nitrogens with zero attached hydrogens (tertiary/aromatic N) is 5. The lowest BCUT2D eigenvalue weighted by atomic mass is 10.1. The Bertz CT molecular complexity index is 1040. The van der Waals surface area contributed by atoms with Crippen LogP contribution in [-0.2, 0) is 0 Å². The summed E-state index contributed by atoms with van der Waals surface area (Å²) in [6, 6.07) is 8.45. The molecule has 3 heterocycles. The standard InChI is InChI=1S/C20H21N7O2/c21-19(28)14-6-2-3-7-15(14)25-20(29)16-11-27(13-24-16)18-10-17(22-12-23-18)26-8-4-1-5-9-26/h2-3,6-7,10-13H,1,4-5,8-9H2,(H2,21,28)(H,25,29). The monoisotopic (exact) mass is 391 g/mol. The number of rotatable bonds is 5. The SMILES string of the molecule is NC(=O)c1ccccc1NC(=O)c1cn(-c2cc(N3CCCCC3)ncn2)cn1. The zero-order valence-electron chi connectivity index (χ0n) is 15.8. The average molecular weight is 391 g/mol. The van der Waals surface area contributed by atoms with E-state index in [0.29, 0.717) is 11.5 Å². The van der Waals surface area contributed by atoms with Gasteiger partial charge in [-0.3, -0.25) is 14.2 Å². The fraction of sp³-hybridized carbons (Fsp3) is 0.250. The van der Waals surface area contributed by atoms with Gasteiger partial charge in [-0.2, -0.15) is 0 Å². The molecule has 9 heteroatoms. The molecule has 1 fully saturated rings. The minimum absolute atomic E-state index is 0.197. The first kappa shape index (κ1) is 18.6. The third kappa shape index (κ3) is 4.08. The number of primary amides is 1. The molecule has 9 nitrogen and oxygen atoms in total. The molecule has 1 aliphatic rings. The van der Waals surface area contributed by atoms with Crippen molar-refractivity contribution in [3.63, 3.8) is 0 Å². The van der Waals surface area contributed by atoms with Crippen LogP contribution in [-0.4, -0.2) is 44.4 Å². The number of aromatic nitrogens is 4. The van der Waals surface area contributed by atoms with Crippen molar-refractivity contribution < 1.29 is 9.59 Å². The van der Waals surface area contributed by atoms with Crippen LogP contribution < -0.4 is 16.0 Å². The van der Waals surface area contributed by atoms with Gasteiger partial charge in [0.05, 0.1) is 11.3 Å². The number of carbonyl (C=O) groups excluding carboxylic acids is 2. The Hall–Kier alpha value is -3.75. The zero-order valence-corrected chi connectivity index (χ0v) is 15.8. The molecular formula is C20H21N7O2. The van der Waals surface area contributed by atoms with E-state index < -0.39 is 11.8 Å². The molecule has 0 saturated carbocycles. The Morgan fingerprint density at radius 1 is 1.00 bits per heavy atom. The molecule has 2 amide bonds. The number of benzene rings is 1. The highest BCUT2D eigenvalue weighted by atomic mass is 16.2. The van der Waals surface area contributed by atoms with E-state index in [4.69, 9.17) is 5.73 Å². The maximum absolute atomic E-state index is 12.6.